The molecule has 1 aliphatic heterocycles. The number of carbonyl (C=O) groups excluding carboxylic acids is 2. The van der Waals surface area contributed by atoms with E-state index in [-0.39, 0.29) is 12.5 Å². The second-order valence-electron chi connectivity index (χ2n) is 4.42. The van der Waals surface area contributed by atoms with E-state index in [0.717, 1.165) is 12.8 Å². The van der Waals surface area contributed by atoms with E-state index in [0.29, 0.717) is 12.1 Å². The highest BCUT2D eigenvalue weighted by Gasteiger charge is 2.26. The maximum atomic E-state index is 11.5. The summed E-state index contributed by atoms with van der Waals surface area (Å²) in [5, 5.41) is 0. The number of hydrogen-bond donors (Lipinski definition) is 1. The first-order chi connectivity index (χ1) is 7.50. The SMILES string of the molecule is CC(=O)ONC(=O)CN1C(C)CCCC1C. The van der Waals surface area contributed by atoms with Crippen LogP contribution in [0.2, 0.25) is 0 Å². The van der Waals surface area contributed by atoms with E-state index in [1.165, 1.54) is 13.3 Å². The predicted octanol–water partition coefficient (Wildman–Crippen LogP) is 0.844. The minimum atomic E-state index is -0.506. The van der Waals surface area contributed by atoms with E-state index in [1.54, 1.807) is 0 Å². The Morgan fingerprint density at radius 1 is 1.31 bits per heavy atom. The topological polar surface area (TPSA) is 58.6 Å². The van der Waals surface area contributed by atoms with Gasteiger partial charge in [0.1, 0.15) is 0 Å². The van der Waals surface area contributed by atoms with Crippen molar-refractivity contribution in [3.63, 3.8) is 0 Å². The van der Waals surface area contributed by atoms with Crippen LogP contribution in [0.4, 0.5) is 0 Å². The molecule has 5 nitrogen and oxygen atoms in total. The molecule has 1 rings (SSSR count). The van der Waals surface area contributed by atoms with Gasteiger partial charge in [-0.2, -0.15) is 5.48 Å². The van der Waals surface area contributed by atoms with Crippen LogP contribution in [0.1, 0.15) is 40.0 Å². The van der Waals surface area contributed by atoms with Gasteiger partial charge < -0.3 is 4.84 Å². The van der Waals surface area contributed by atoms with Gasteiger partial charge in [0.25, 0.3) is 5.91 Å². The molecule has 0 aliphatic carbocycles. The lowest BCUT2D eigenvalue weighted by Crippen LogP contribution is -2.48. The fourth-order valence-corrected chi connectivity index (χ4v) is 2.11. The summed E-state index contributed by atoms with van der Waals surface area (Å²) in [6.07, 6.45) is 3.45. The largest absolute Gasteiger partial charge is 0.341 e. The molecular weight excluding hydrogens is 208 g/mol. The van der Waals surface area contributed by atoms with E-state index in [9.17, 15) is 9.59 Å². The molecule has 16 heavy (non-hydrogen) atoms. The van der Waals surface area contributed by atoms with Gasteiger partial charge in [-0.25, -0.2) is 0 Å². The Kier molecular flexibility index (Phi) is 4.73. The molecule has 1 saturated heterocycles. The lowest BCUT2D eigenvalue weighted by atomic mass is 9.98. The van der Waals surface area contributed by atoms with Gasteiger partial charge in [-0.3, -0.25) is 14.5 Å². The zero-order chi connectivity index (χ0) is 12.1. The average molecular weight is 228 g/mol. The third kappa shape index (κ3) is 3.81. The summed E-state index contributed by atoms with van der Waals surface area (Å²) in [7, 11) is 0. The van der Waals surface area contributed by atoms with E-state index < -0.39 is 5.97 Å². The number of hydrogen-bond acceptors (Lipinski definition) is 4. The zero-order valence-electron chi connectivity index (χ0n) is 10.2. The molecule has 2 unspecified atom stereocenters. The minimum absolute atomic E-state index is 0.268. The zero-order valence-corrected chi connectivity index (χ0v) is 10.2. The lowest BCUT2D eigenvalue weighted by molar-refractivity contribution is -0.157. The van der Waals surface area contributed by atoms with Crippen LogP contribution in [-0.2, 0) is 14.4 Å². The smallest absolute Gasteiger partial charge is 0.329 e. The molecule has 1 fully saturated rings. The third-order valence-corrected chi connectivity index (χ3v) is 3.01. The molecule has 1 amide bonds. The predicted molar refractivity (Wildman–Crippen MR) is 59.4 cm³/mol. The van der Waals surface area contributed by atoms with Crippen molar-refractivity contribution in [2.45, 2.75) is 52.1 Å². The van der Waals surface area contributed by atoms with E-state index >= 15 is 0 Å². The van der Waals surface area contributed by atoms with Crippen LogP contribution in [0, 0.1) is 0 Å². The van der Waals surface area contributed by atoms with Crippen molar-refractivity contribution in [1.82, 2.24) is 10.4 Å². The Bertz CT molecular complexity index is 258. The van der Waals surface area contributed by atoms with Crippen LogP contribution in [0.3, 0.4) is 0 Å². The van der Waals surface area contributed by atoms with Gasteiger partial charge in [0.2, 0.25) is 0 Å². The monoisotopic (exact) mass is 228 g/mol. The van der Waals surface area contributed by atoms with Gasteiger partial charge >= 0.3 is 5.97 Å². The van der Waals surface area contributed by atoms with Crippen LogP contribution in [-0.4, -0.2) is 35.4 Å². The highest BCUT2D eigenvalue weighted by atomic mass is 16.7. The summed E-state index contributed by atoms with van der Waals surface area (Å²) >= 11 is 0. The minimum Gasteiger partial charge on any atom is -0.341 e. The molecular formula is C11H20N2O3. The van der Waals surface area contributed by atoms with E-state index in [2.05, 4.69) is 29.1 Å². The second kappa shape index (κ2) is 5.84. The Balaban J connectivity index is 2.39. The van der Waals surface area contributed by atoms with Crippen molar-refractivity contribution in [2.24, 2.45) is 0 Å². The van der Waals surface area contributed by atoms with Gasteiger partial charge in [0.05, 0.1) is 6.54 Å². The maximum Gasteiger partial charge on any atom is 0.329 e. The van der Waals surface area contributed by atoms with Gasteiger partial charge in [-0.05, 0) is 26.7 Å². The molecule has 0 saturated carbocycles. The van der Waals surface area contributed by atoms with Crippen molar-refractivity contribution in [1.29, 1.82) is 0 Å². The summed E-state index contributed by atoms with van der Waals surface area (Å²) in [4.78, 5) is 28.6. The molecule has 0 aromatic heterocycles. The van der Waals surface area contributed by atoms with E-state index in [1.807, 2.05) is 0 Å². The average Bonchev–Trinajstić information content (AvgIpc) is 2.21. The molecule has 0 aromatic rings. The van der Waals surface area contributed by atoms with Gasteiger partial charge in [0.15, 0.2) is 0 Å². The molecule has 0 aromatic carbocycles. The first-order valence-electron chi connectivity index (χ1n) is 5.72. The molecule has 1 N–H and O–H groups in total. The Hall–Kier alpha value is -1.10. The molecule has 0 spiro atoms. The molecule has 5 heteroatoms. The maximum absolute atomic E-state index is 11.5. The van der Waals surface area contributed by atoms with Gasteiger partial charge in [0, 0.05) is 19.0 Å². The molecule has 1 heterocycles. The number of hydroxylamine groups is 1. The van der Waals surface area contributed by atoms with Crippen LogP contribution < -0.4 is 5.48 Å². The van der Waals surface area contributed by atoms with Gasteiger partial charge in [-0.1, -0.05) is 6.42 Å². The summed E-state index contributed by atoms with van der Waals surface area (Å²) in [5.74, 6) is -0.774. The Morgan fingerprint density at radius 3 is 2.38 bits per heavy atom. The molecule has 92 valence electrons. The normalized spacial score (nSPS) is 26.2. The van der Waals surface area contributed by atoms with Crippen molar-refractivity contribution in [3.05, 3.63) is 0 Å². The number of nitrogens with one attached hydrogen (secondary N) is 1. The van der Waals surface area contributed by atoms with Gasteiger partial charge in [-0.15, -0.1) is 0 Å². The number of piperidine rings is 1. The molecule has 0 bridgehead atoms. The number of amides is 1. The quantitative estimate of drug-likeness (QED) is 0.712. The Labute approximate surface area is 96.1 Å². The van der Waals surface area contributed by atoms with E-state index in [4.69, 9.17) is 0 Å². The summed E-state index contributed by atoms with van der Waals surface area (Å²) < 4.78 is 0. The van der Waals surface area contributed by atoms with Crippen molar-refractivity contribution < 1.29 is 14.4 Å². The first-order valence-corrected chi connectivity index (χ1v) is 5.72. The van der Waals surface area contributed by atoms with Crippen LogP contribution in [0.25, 0.3) is 0 Å². The third-order valence-electron chi connectivity index (χ3n) is 3.01. The number of carbonyl (C=O) groups is 2. The Morgan fingerprint density at radius 2 is 1.88 bits per heavy atom. The standard InChI is InChI=1S/C11H20N2O3/c1-8-5-4-6-9(2)13(8)7-11(15)12-16-10(3)14/h8-9H,4-7H2,1-3H3,(H,12,15). The van der Waals surface area contributed by atoms with Crippen molar-refractivity contribution in [2.75, 3.05) is 6.54 Å². The van der Waals surface area contributed by atoms with Crippen LogP contribution in [0.5, 0.6) is 0 Å². The summed E-state index contributed by atoms with van der Waals surface area (Å²) in [5.41, 5.74) is 2.14. The highest BCUT2D eigenvalue weighted by molar-refractivity contribution is 5.79. The van der Waals surface area contributed by atoms with Crippen LogP contribution in [0.15, 0.2) is 0 Å². The highest BCUT2D eigenvalue weighted by Crippen LogP contribution is 2.21. The molecule has 1 aliphatic rings. The number of likely N-dealkylation sites (tertiary alicyclic amines) is 1. The molecule has 0 radical (unpaired) electrons. The lowest BCUT2D eigenvalue weighted by Gasteiger charge is -2.38. The number of rotatable bonds is 2. The van der Waals surface area contributed by atoms with Crippen LogP contribution >= 0.6 is 0 Å². The summed E-state index contributed by atoms with van der Waals surface area (Å²) in [6, 6.07) is 0.818. The fraction of sp³-hybridized carbons (Fsp3) is 0.818. The summed E-state index contributed by atoms with van der Waals surface area (Å²) in [6.45, 7) is 5.78. The number of nitrogens with zero attached hydrogens (tertiary/aromatic N) is 1. The van der Waals surface area contributed by atoms with Crippen molar-refractivity contribution >= 4 is 11.9 Å². The fourth-order valence-electron chi connectivity index (χ4n) is 2.11. The van der Waals surface area contributed by atoms with Crippen molar-refractivity contribution in [3.8, 4) is 0 Å². The second-order valence-corrected chi connectivity index (χ2v) is 4.42. The first kappa shape index (κ1) is 13.0. The molecule has 2 atom stereocenters.